The molecule has 0 bridgehead atoms. The molecule has 0 unspecified atom stereocenters. The number of aliphatic carboxylic acids is 1. The third-order valence-corrected chi connectivity index (χ3v) is 1.48. The van der Waals surface area contributed by atoms with Crippen LogP contribution in [0.5, 0.6) is 0 Å². The van der Waals surface area contributed by atoms with E-state index < -0.39 is 11.8 Å². The van der Waals surface area contributed by atoms with E-state index in [4.69, 9.17) is 0 Å². The van der Waals surface area contributed by atoms with Crippen molar-refractivity contribution >= 4 is 11.7 Å². The highest BCUT2D eigenvalue weighted by molar-refractivity contribution is 5.66. The zero-order chi connectivity index (χ0) is 11.3. The summed E-state index contributed by atoms with van der Waals surface area (Å²) in [6.45, 7) is -0.362. The lowest BCUT2D eigenvalue weighted by molar-refractivity contribution is -0.306. The molecule has 0 aliphatic rings. The summed E-state index contributed by atoms with van der Waals surface area (Å²) in [7, 11) is 1.43. The summed E-state index contributed by atoms with van der Waals surface area (Å²) >= 11 is 0. The number of hydrogen-bond acceptors (Lipinski definition) is 4. The Morgan fingerprint density at radius 2 is 2.33 bits per heavy atom. The van der Waals surface area contributed by atoms with Crippen LogP contribution in [0.3, 0.4) is 0 Å². The number of hydrogen-bond donors (Lipinski definition) is 0. The van der Waals surface area contributed by atoms with Gasteiger partial charge in [-0.2, -0.15) is 0 Å². The predicted molar refractivity (Wildman–Crippen MR) is 48.6 cm³/mol. The van der Waals surface area contributed by atoms with Gasteiger partial charge >= 0.3 is 0 Å². The number of carboxylic acid groups (broad SMARTS) is 1. The van der Waals surface area contributed by atoms with Gasteiger partial charge < -0.3 is 9.90 Å². The van der Waals surface area contributed by atoms with Gasteiger partial charge in [-0.1, -0.05) is 11.3 Å². The van der Waals surface area contributed by atoms with Crippen molar-refractivity contribution in [3.05, 3.63) is 30.1 Å². The van der Waals surface area contributed by atoms with Crippen LogP contribution >= 0.6 is 0 Å². The van der Waals surface area contributed by atoms with Gasteiger partial charge in [-0.3, -0.25) is 5.01 Å². The number of carboxylic acids is 1. The van der Waals surface area contributed by atoms with Gasteiger partial charge in [0.05, 0.1) is 18.2 Å². The Morgan fingerprint density at radius 3 is 2.93 bits per heavy atom. The molecule has 1 rings (SSSR count). The van der Waals surface area contributed by atoms with Crippen molar-refractivity contribution in [2.45, 2.75) is 0 Å². The molecule has 0 fully saturated rings. The average molecular weight is 210 g/mol. The molecule has 0 aliphatic carbocycles. The van der Waals surface area contributed by atoms with Gasteiger partial charge in [-0.15, -0.1) is 5.11 Å². The average Bonchev–Trinajstić information content (AvgIpc) is 2.14. The van der Waals surface area contributed by atoms with Crippen LogP contribution in [0, 0.1) is 5.82 Å². The Morgan fingerprint density at radius 1 is 1.60 bits per heavy atom. The summed E-state index contributed by atoms with van der Waals surface area (Å²) in [5.74, 6) is -1.68. The highest BCUT2D eigenvalue weighted by Gasteiger charge is 1.95. The van der Waals surface area contributed by atoms with Crippen LogP contribution in [-0.4, -0.2) is 24.6 Å². The third kappa shape index (κ3) is 4.17. The third-order valence-electron chi connectivity index (χ3n) is 1.48. The van der Waals surface area contributed by atoms with E-state index in [1.54, 1.807) is 6.07 Å². The van der Waals surface area contributed by atoms with Gasteiger partial charge in [-0.05, 0) is 12.1 Å². The van der Waals surface area contributed by atoms with Crippen molar-refractivity contribution in [1.82, 2.24) is 5.01 Å². The lowest BCUT2D eigenvalue weighted by Gasteiger charge is -2.10. The van der Waals surface area contributed by atoms with Crippen LogP contribution in [0.1, 0.15) is 0 Å². The Labute approximate surface area is 85.8 Å². The summed E-state index contributed by atoms with van der Waals surface area (Å²) in [6, 6.07) is 5.52. The second-order valence-electron chi connectivity index (χ2n) is 2.86. The molecule has 1 aromatic rings. The molecule has 0 radical (unpaired) electrons. The first-order valence-corrected chi connectivity index (χ1v) is 4.16. The molecular weight excluding hydrogens is 201 g/mol. The Hall–Kier alpha value is -1.98. The molecular formula is C9H9FN3O2-. The minimum atomic E-state index is -1.25. The lowest BCUT2D eigenvalue weighted by atomic mass is 10.3. The molecule has 0 N–H and O–H groups in total. The topological polar surface area (TPSA) is 68.1 Å². The number of halogens is 1. The first-order valence-electron chi connectivity index (χ1n) is 4.16. The molecule has 0 saturated heterocycles. The van der Waals surface area contributed by atoms with Gasteiger partial charge in [0.15, 0.2) is 0 Å². The summed E-state index contributed by atoms with van der Waals surface area (Å²) in [4.78, 5) is 10.2. The van der Waals surface area contributed by atoms with Gasteiger partial charge in [0.1, 0.15) is 5.82 Å². The zero-order valence-corrected chi connectivity index (χ0v) is 8.05. The number of likely N-dealkylation sites (N-methyl/N-ethyl adjacent to an activating group) is 1. The van der Waals surface area contributed by atoms with E-state index in [0.717, 1.165) is 5.01 Å². The van der Waals surface area contributed by atoms with E-state index >= 15 is 0 Å². The summed E-state index contributed by atoms with van der Waals surface area (Å²) in [6.07, 6.45) is 0. The summed E-state index contributed by atoms with van der Waals surface area (Å²) in [5, 5.41) is 18.4. The zero-order valence-electron chi connectivity index (χ0n) is 8.05. The van der Waals surface area contributed by atoms with E-state index in [0.29, 0.717) is 5.69 Å². The standard InChI is InChI=1S/C9H10FN3O2/c1-13(6-9(14)15)12-11-8-4-2-3-7(10)5-8/h2-5H,6H2,1H3,(H,14,15)/p-1. The van der Waals surface area contributed by atoms with Crippen molar-refractivity contribution in [3.8, 4) is 0 Å². The first kappa shape index (κ1) is 11.1. The lowest BCUT2D eigenvalue weighted by Crippen LogP contribution is -2.33. The molecule has 80 valence electrons. The van der Waals surface area contributed by atoms with E-state index in [2.05, 4.69) is 10.3 Å². The Kier molecular flexibility index (Phi) is 3.73. The highest BCUT2D eigenvalue weighted by Crippen LogP contribution is 2.13. The van der Waals surface area contributed by atoms with Crippen molar-refractivity contribution in [2.24, 2.45) is 10.3 Å². The molecule has 0 atom stereocenters. The van der Waals surface area contributed by atoms with Gasteiger partial charge in [0, 0.05) is 13.1 Å². The molecule has 0 aromatic heterocycles. The number of carbonyl (C=O) groups is 1. The normalized spacial score (nSPS) is 10.5. The smallest absolute Gasteiger partial charge is 0.125 e. The molecule has 6 heteroatoms. The van der Waals surface area contributed by atoms with Crippen LogP contribution in [0.4, 0.5) is 10.1 Å². The Balaban J connectivity index is 2.61. The van der Waals surface area contributed by atoms with Gasteiger partial charge in [0.2, 0.25) is 0 Å². The van der Waals surface area contributed by atoms with Gasteiger partial charge in [0.25, 0.3) is 0 Å². The fraction of sp³-hybridized carbons (Fsp3) is 0.222. The maximum atomic E-state index is 12.7. The fourth-order valence-corrected chi connectivity index (χ4v) is 0.885. The van der Waals surface area contributed by atoms with Crippen LogP contribution in [0.25, 0.3) is 0 Å². The fourth-order valence-electron chi connectivity index (χ4n) is 0.885. The SMILES string of the molecule is CN(CC(=O)[O-])N=Nc1cccc(F)c1. The maximum Gasteiger partial charge on any atom is 0.125 e. The highest BCUT2D eigenvalue weighted by atomic mass is 19.1. The molecule has 0 saturated carbocycles. The molecule has 15 heavy (non-hydrogen) atoms. The molecule has 0 heterocycles. The molecule has 0 aliphatic heterocycles. The van der Waals surface area contributed by atoms with E-state index in [-0.39, 0.29) is 6.54 Å². The van der Waals surface area contributed by atoms with E-state index in [9.17, 15) is 14.3 Å². The van der Waals surface area contributed by atoms with Crippen molar-refractivity contribution < 1.29 is 14.3 Å². The molecule has 5 nitrogen and oxygen atoms in total. The van der Waals surface area contributed by atoms with Crippen LogP contribution in [-0.2, 0) is 4.79 Å². The van der Waals surface area contributed by atoms with Crippen LogP contribution in [0.2, 0.25) is 0 Å². The predicted octanol–water partition coefficient (Wildman–Crippen LogP) is 0.506. The van der Waals surface area contributed by atoms with Crippen molar-refractivity contribution in [3.63, 3.8) is 0 Å². The summed E-state index contributed by atoms with van der Waals surface area (Å²) < 4.78 is 12.7. The second kappa shape index (κ2) is 5.04. The van der Waals surface area contributed by atoms with E-state index in [1.165, 1.54) is 25.2 Å². The number of nitrogens with zero attached hydrogens (tertiary/aromatic N) is 3. The first-order chi connectivity index (χ1) is 7.08. The van der Waals surface area contributed by atoms with Crippen molar-refractivity contribution in [2.75, 3.05) is 13.6 Å². The number of benzene rings is 1. The quantitative estimate of drug-likeness (QED) is 0.537. The number of carbonyl (C=O) groups excluding carboxylic acids is 1. The maximum absolute atomic E-state index is 12.7. The molecule has 0 amide bonds. The summed E-state index contributed by atoms with van der Waals surface area (Å²) in [5.41, 5.74) is 0.320. The van der Waals surface area contributed by atoms with Crippen LogP contribution < -0.4 is 5.11 Å². The molecule has 0 spiro atoms. The van der Waals surface area contributed by atoms with E-state index in [1.807, 2.05) is 0 Å². The van der Waals surface area contributed by atoms with Crippen molar-refractivity contribution in [1.29, 1.82) is 0 Å². The second-order valence-corrected chi connectivity index (χ2v) is 2.86. The minimum absolute atomic E-state index is 0.320. The number of rotatable bonds is 4. The molecule has 1 aromatic carbocycles. The monoisotopic (exact) mass is 210 g/mol. The van der Waals surface area contributed by atoms with Gasteiger partial charge in [-0.25, -0.2) is 4.39 Å². The largest absolute Gasteiger partial charge is 0.548 e. The minimum Gasteiger partial charge on any atom is -0.548 e. The van der Waals surface area contributed by atoms with Crippen LogP contribution in [0.15, 0.2) is 34.6 Å². The Bertz CT molecular complexity index is 381.